The van der Waals surface area contributed by atoms with Crippen LogP contribution < -0.4 is 11.5 Å². The lowest BCUT2D eigenvalue weighted by molar-refractivity contribution is 0.595. The molecule has 0 atom stereocenters. The third kappa shape index (κ3) is 3.35. The van der Waals surface area contributed by atoms with E-state index < -0.39 is 9.84 Å². The summed E-state index contributed by atoms with van der Waals surface area (Å²) in [5, 5.41) is 7.57. The molecule has 0 fully saturated rings. The maximum atomic E-state index is 13.2. The number of hydrogen-bond acceptors (Lipinski definition) is 6. The SMILES string of the molecule is CSc1sc(C(=N)N)cc1S(=O)(=O)c1cccc(-c2ccccc2N)c1. The van der Waals surface area contributed by atoms with Gasteiger partial charge < -0.3 is 11.5 Å². The van der Waals surface area contributed by atoms with Gasteiger partial charge in [0, 0.05) is 11.3 Å². The number of nitrogen functional groups attached to an aromatic ring is 2. The van der Waals surface area contributed by atoms with Crippen molar-refractivity contribution in [3.05, 3.63) is 59.5 Å². The number of rotatable bonds is 5. The molecule has 0 aliphatic rings. The number of para-hydroxylation sites is 1. The molecular weight excluding hydrogens is 386 g/mol. The first-order valence-electron chi connectivity index (χ1n) is 7.57. The Balaban J connectivity index is 2.13. The second-order valence-corrected chi connectivity index (χ2v) is 9.54. The zero-order valence-electron chi connectivity index (χ0n) is 13.9. The highest BCUT2D eigenvalue weighted by Gasteiger charge is 2.25. The molecule has 1 heterocycles. The topological polar surface area (TPSA) is 110 Å². The Morgan fingerprint density at radius 1 is 1.12 bits per heavy atom. The zero-order chi connectivity index (χ0) is 18.9. The van der Waals surface area contributed by atoms with Crippen molar-refractivity contribution in [2.45, 2.75) is 14.0 Å². The molecule has 3 aromatic rings. The van der Waals surface area contributed by atoms with Gasteiger partial charge in [-0.2, -0.15) is 0 Å². The predicted molar refractivity (Wildman–Crippen MR) is 109 cm³/mol. The van der Waals surface area contributed by atoms with E-state index in [1.807, 2.05) is 24.3 Å². The molecule has 1 aromatic heterocycles. The van der Waals surface area contributed by atoms with Crippen molar-refractivity contribution < 1.29 is 8.42 Å². The molecule has 0 saturated heterocycles. The molecule has 0 spiro atoms. The molecule has 0 unspecified atom stereocenters. The van der Waals surface area contributed by atoms with E-state index in [0.29, 0.717) is 14.8 Å². The van der Waals surface area contributed by atoms with E-state index in [1.54, 1.807) is 30.5 Å². The molecular formula is C18H17N3O2S3. The number of nitrogens with two attached hydrogens (primary N) is 2. The Labute approximate surface area is 160 Å². The van der Waals surface area contributed by atoms with Crippen molar-refractivity contribution in [2.24, 2.45) is 5.73 Å². The molecule has 8 heteroatoms. The van der Waals surface area contributed by atoms with Gasteiger partial charge in [0.05, 0.1) is 18.9 Å². The van der Waals surface area contributed by atoms with E-state index >= 15 is 0 Å². The lowest BCUT2D eigenvalue weighted by atomic mass is 10.0. The van der Waals surface area contributed by atoms with Crippen LogP contribution in [0.3, 0.4) is 0 Å². The minimum absolute atomic E-state index is 0.141. The number of hydrogen-bond donors (Lipinski definition) is 3. The number of thiophene rings is 1. The average molecular weight is 404 g/mol. The molecule has 5 N–H and O–H groups in total. The van der Waals surface area contributed by atoms with E-state index in [0.717, 1.165) is 11.1 Å². The second kappa shape index (κ2) is 7.14. The number of nitrogens with one attached hydrogen (secondary N) is 1. The molecule has 134 valence electrons. The maximum Gasteiger partial charge on any atom is 0.208 e. The highest BCUT2D eigenvalue weighted by atomic mass is 32.2. The second-order valence-electron chi connectivity index (χ2n) is 5.50. The van der Waals surface area contributed by atoms with Crippen LogP contribution in [-0.2, 0) is 9.84 Å². The van der Waals surface area contributed by atoms with Gasteiger partial charge in [-0.15, -0.1) is 23.1 Å². The molecule has 2 aromatic carbocycles. The summed E-state index contributed by atoms with van der Waals surface area (Å²) in [7, 11) is -3.74. The van der Waals surface area contributed by atoms with Crippen molar-refractivity contribution in [1.82, 2.24) is 0 Å². The molecule has 0 bridgehead atoms. The van der Waals surface area contributed by atoms with Crippen LogP contribution in [0.15, 0.2) is 68.6 Å². The zero-order valence-corrected chi connectivity index (χ0v) is 16.3. The minimum Gasteiger partial charge on any atom is -0.398 e. The van der Waals surface area contributed by atoms with Crippen molar-refractivity contribution in [3.63, 3.8) is 0 Å². The van der Waals surface area contributed by atoms with Crippen LogP contribution in [0, 0.1) is 5.41 Å². The monoisotopic (exact) mass is 403 g/mol. The van der Waals surface area contributed by atoms with E-state index in [9.17, 15) is 8.42 Å². The fourth-order valence-electron chi connectivity index (χ4n) is 2.54. The number of thioether (sulfide) groups is 1. The van der Waals surface area contributed by atoms with Gasteiger partial charge >= 0.3 is 0 Å². The highest BCUT2D eigenvalue weighted by Crippen LogP contribution is 2.37. The van der Waals surface area contributed by atoms with Gasteiger partial charge in [0.1, 0.15) is 5.84 Å². The van der Waals surface area contributed by atoms with Crippen molar-refractivity contribution >= 4 is 44.5 Å². The summed E-state index contributed by atoms with van der Waals surface area (Å²) in [6.45, 7) is 0. The number of sulfone groups is 1. The van der Waals surface area contributed by atoms with Gasteiger partial charge in [0.2, 0.25) is 9.84 Å². The largest absolute Gasteiger partial charge is 0.398 e. The Hall–Kier alpha value is -2.29. The maximum absolute atomic E-state index is 13.2. The Kier molecular flexibility index (Phi) is 5.08. The first kappa shape index (κ1) is 18.5. The first-order valence-corrected chi connectivity index (χ1v) is 11.1. The molecule has 0 radical (unpaired) electrons. The summed E-state index contributed by atoms with van der Waals surface area (Å²) >= 11 is 2.53. The van der Waals surface area contributed by atoms with Gasteiger partial charge in [0.15, 0.2) is 0 Å². The summed E-state index contributed by atoms with van der Waals surface area (Å²) in [6.07, 6.45) is 1.80. The molecule has 5 nitrogen and oxygen atoms in total. The van der Waals surface area contributed by atoms with Crippen LogP contribution in [-0.4, -0.2) is 20.5 Å². The van der Waals surface area contributed by atoms with Crippen LogP contribution in [0.4, 0.5) is 5.69 Å². The Bertz CT molecular complexity index is 1090. The number of anilines is 1. The average Bonchev–Trinajstić information content (AvgIpc) is 3.08. The van der Waals surface area contributed by atoms with E-state index in [4.69, 9.17) is 16.9 Å². The fraction of sp³-hybridized carbons (Fsp3) is 0.0556. The summed E-state index contributed by atoms with van der Waals surface area (Å²) in [4.78, 5) is 0.802. The lowest BCUT2D eigenvalue weighted by Gasteiger charge is -2.09. The lowest BCUT2D eigenvalue weighted by Crippen LogP contribution is -2.08. The molecule has 0 amide bonds. The quantitative estimate of drug-likeness (QED) is 0.259. The van der Waals surface area contributed by atoms with Crippen LogP contribution in [0.5, 0.6) is 0 Å². The third-order valence-electron chi connectivity index (χ3n) is 3.82. The minimum atomic E-state index is -3.74. The predicted octanol–water partition coefficient (Wildman–Crippen LogP) is 3.84. The van der Waals surface area contributed by atoms with Crippen LogP contribution in [0.25, 0.3) is 11.1 Å². The molecule has 0 saturated carbocycles. The summed E-state index contributed by atoms with van der Waals surface area (Å²) in [5.41, 5.74) is 13.6. The number of amidine groups is 1. The standard InChI is InChI=1S/C18H17N3O2S3/c1-24-18-16(10-15(25-18)17(20)21)26(22,23)12-6-4-5-11(9-12)13-7-2-3-8-14(13)19/h2-10H,19H2,1H3,(H3,20,21). The van der Waals surface area contributed by atoms with E-state index in [2.05, 4.69) is 0 Å². The molecule has 0 aliphatic carbocycles. The van der Waals surface area contributed by atoms with Crippen molar-refractivity contribution in [1.29, 1.82) is 5.41 Å². The van der Waals surface area contributed by atoms with Crippen molar-refractivity contribution in [2.75, 3.05) is 12.0 Å². The Morgan fingerprint density at radius 2 is 1.85 bits per heavy atom. The van der Waals surface area contributed by atoms with E-state index in [-0.39, 0.29) is 15.6 Å². The molecule has 3 rings (SSSR count). The molecule has 0 aliphatic heterocycles. The number of benzene rings is 2. The van der Waals surface area contributed by atoms with Gasteiger partial charge in [-0.3, -0.25) is 5.41 Å². The normalized spacial score (nSPS) is 11.4. The van der Waals surface area contributed by atoms with Crippen LogP contribution in [0.1, 0.15) is 4.88 Å². The summed E-state index contributed by atoms with van der Waals surface area (Å²) < 4.78 is 26.9. The van der Waals surface area contributed by atoms with Crippen LogP contribution in [0.2, 0.25) is 0 Å². The van der Waals surface area contributed by atoms with Gasteiger partial charge in [-0.05, 0) is 36.1 Å². The summed E-state index contributed by atoms with van der Waals surface area (Å²) in [6, 6.07) is 15.5. The first-order chi connectivity index (χ1) is 12.3. The summed E-state index contributed by atoms with van der Waals surface area (Å²) in [5.74, 6) is -0.141. The van der Waals surface area contributed by atoms with Gasteiger partial charge in [-0.25, -0.2) is 8.42 Å². The van der Waals surface area contributed by atoms with E-state index in [1.165, 1.54) is 29.2 Å². The highest BCUT2D eigenvalue weighted by molar-refractivity contribution is 8.01. The third-order valence-corrected chi connectivity index (χ3v) is 8.16. The molecule has 26 heavy (non-hydrogen) atoms. The van der Waals surface area contributed by atoms with Crippen molar-refractivity contribution in [3.8, 4) is 11.1 Å². The van der Waals surface area contributed by atoms with Gasteiger partial charge in [-0.1, -0.05) is 30.3 Å². The van der Waals surface area contributed by atoms with Gasteiger partial charge in [0.25, 0.3) is 0 Å². The smallest absolute Gasteiger partial charge is 0.208 e. The Morgan fingerprint density at radius 3 is 2.50 bits per heavy atom. The van der Waals surface area contributed by atoms with Crippen LogP contribution >= 0.6 is 23.1 Å². The fourth-order valence-corrected chi connectivity index (χ4v) is 6.44.